The molecule has 2 aliphatic rings. The second-order valence-corrected chi connectivity index (χ2v) is 5.13. The molecule has 1 fully saturated rings. The van der Waals surface area contributed by atoms with Gasteiger partial charge in [-0.3, -0.25) is 14.9 Å². The molecule has 9 heteroatoms. The molecule has 4 N–H and O–H groups in total. The van der Waals surface area contributed by atoms with Crippen molar-refractivity contribution in [3.63, 3.8) is 0 Å². The maximum atomic E-state index is 10.5. The highest BCUT2D eigenvalue weighted by molar-refractivity contribution is 5.66. The number of nitrogens with one attached hydrogen (secondary N) is 3. The van der Waals surface area contributed by atoms with Crippen LogP contribution in [0.25, 0.3) is 0 Å². The van der Waals surface area contributed by atoms with Crippen LogP contribution >= 0.6 is 0 Å². The summed E-state index contributed by atoms with van der Waals surface area (Å²) in [4.78, 5) is 20.4. The van der Waals surface area contributed by atoms with E-state index in [0.29, 0.717) is 24.5 Å². The number of hydrogen-bond donors (Lipinski definition) is 4. The maximum Gasteiger partial charge on any atom is 0.303 e. The molecule has 3 rings (SSSR count). The number of hydrogen-bond acceptors (Lipinski definition) is 8. The summed E-state index contributed by atoms with van der Waals surface area (Å²) in [5, 5.41) is 14.8. The average molecular weight is 325 g/mol. The van der Waals surface area contributed by atoms with Crippen LogP contribution in [0.1, 0.15) is 19.3 Å². The van der Waals surface area contributed by atoms with E-state index in [-0.39, 0.29) is 13.2 Å². The number of rotatable bonds is 7. The van der Waals surface area contributed by atoms with Gasteiger partial charge in [-0.05, 0) is 25.0 Å². The molecule has 0 aromatic heterocycles. The van der Waals surface area contributed by atoms with Crippen LogP contribution in [0.2, 0.25) is 0 Å². The fourth-order valence-electron chi connectivity index (χ4n) is 2.32. The zero-order valence-corrected chi connectivity index (χ0v) is 12.4. The van der Waals surface area contributed by atoms with Crippen LogP contribution in [0.15, 0.2) is 18.2 Å². The molecule has 2 atom stereocenters. The van der Waals surface area contributed by atoms with Crippen LogP contribution in [0.5, 0.6) is 11.5 Å². The van der Waals surface area contributed by atoms with Gasteiger partial charge in [0.2, 0.25) is 6.23 Å². The van der Waals surface area contributed by atoms with Gasteiger partial charge in [-0.25, -0.2) is 4.84 Å². The third-order valence-electron chi connectivity index (χ3n) is 3.43. The number of benzene rings is 1. The lowest BCUT2D eigenvalue weighted by atomic mass is 10.2. The van der Waals surface area contributed by atoms with Gasteiger partial charge in [-0.15, -0.1) is 0 Å². The standard InChI is InChI=1S/C14H19N3O6/c18-11(19)6-1-2-7-15-9-4-3-5-10-12(9)22-14(21-10)13-16-8-20-17-23-13/h3-5,13-17H,1-2,6-8H2,(H,18,19). The van der Waals surface area contributed by atoms with E-state index in [0.717, 1.165) is 12.1 Å². The molecule has 2 heterocycles. The molecule has 1 saturated heterocycles. The van der Waals surface area contributed by atoms with Crippen molar-refractivity contribution in [2.24, 2.45) is 0 Å². The molecular weight excluding hydrogens is 306 g/mol. The number of aliphatic carboxylic acids is 1. The molecule has 23 heavy (non-hydrogen) atoms. The number of carbonyl (C=O) groups is 1. The number of carboxylic acid groups (broad SMARTS) is 1. The quantitative estimate of drug-likeness (QED) is 0.541. The third kappa shape index (κ3) is 4.02. The van der Waals surface area contributed by atoms with Crippen molar-refractivity contribution in [2.45, 2.75) is 31.8 Å². The van der Waals surface area contributed by atoms with Crippen molar-refractivity contribution >= 4 is 11.7 Å². The minimum atomic E-state index is -0.775. The lowest BCUT2D eigenvalue weighted by molar-refractivity contribution is -0.284. The van der Waals surface area contributed by atoms with Gasteiger partial charge < -0.3 is 19.9 Å². The van der Waals surface area contributed by atoms with E-state index < -0.39 is 18.5 Å². The Kier molecular flexibility index (Phi) is 5.13. The van der Waals surface area contributed by atoms with E-state index in [1.54, 1.807) is 0 Å². The van der Waals surface area contributed by atoms with Gasteiger partial charge in [0.25, 0.3) is 6.29 Å². The van der Waals surface area contributed by atoms with E-state index in [1.165, 1.54) is 0 Å². The smallest absolute Gasteiger partial charge is 0.303 e. The molecule has 0 amide bonds. The Labute approximate surface area is 132 Å². The summed E-state index contributed by atoms with van der Waals surface area (Å²) >= 11 is 0. The average Bonchev–Trinajstić information content (AvgIpc) is 3.00. The van der Waals surface area contributed by atoms with Crippen molar-refractivity contribution in [3.05, 3.63) is 18.2 Å². The van der Waals surface area contributed by atoms with Crippen molar-refractivity contribution in [1.29, 1.82) is 0 Å². The molecule has 1 aromatic carbocycles. The molecule has 0 bridgehead atoms. The van der Waals surface area contributed by atoms with Crippen LogP contribution in [0.4, 0.5) is 5.69 Å². The lowest BCUT2D eigenvalue weighted by Crippen LogP contribution is -2.53. The minimum absolute atomic E-state index is 0.177. The summed E-state index contributed by atoms with van der Waals surface area (Å²) < 4.78 is 11.5. The Morgan fingerprint density at radius 2 is 2.26 bits per heavy atom. The number of fused-ring (bicyclic) bond motifs is 1. The Hall–Kier alpha value is -2.07. The largest absolute Gasteiger partial charge is 0.481 e. The SMILES string of the molecule is O=C(O)CCCCNc1cccc2c1OC(C1NCONO1)O2. The maximum absolute atomic E-state index is 10.5. The van der Waals surface area contributed by atoms with E-state index in [1.807, 2.05) is 18.2 Å². The number of unbranched alkanes of at least 4 members (excludes halogenated alkanes) is 1. The van der Waals surface area contributed by atoms with Crippen LogP contribution in [-0.4, -0.2) is 36.9 Å². The van der Waals surface area contributed by atoms with Gasteiger partial charge >= 0.3 is 5.97 Å². The Morgan fingerprint density at radius 3 is 3.04 bits per heavy atom. The molecule has 126 valence electrons. The highest BCUT2D eigenvalue weighted by Crippen LogP contribution is 2.41. The van der Waals surface area contributed by atoms with Crippen LogP contribution in [0, 0.1) is 0 Å². The summed E-state index contributed by atoms with van der Waals surface area (Å²) in [7, 11) is 0. The van der Waals surface area contributed by atoms with E-state index in [9.17, 15) is 4.79 Å². The zero-order valence-electron chi connectivity index (χ0n) is 12.4. The minimum Gasteiger partial charge on any atom is -0.481 e. The molecule has 9 nitrogen and oxygen atoms in total. The van der Waals surface area contributed by atoms with Gasteiger partial charge in [0.05, 0.1) is 5.69 Å². The summed E-state index contributed by atoms with van der Waals surface area (Å²) in [6.45, 7) is 0.935. The molecule has 1 aromatic rings. The summed E-state index contributed by atoms with van der Waals surface area (Å²) in [6.07, 6.45) is 0.434. The summed E-state index contributed by atoms with van der Waals surface area (Å²) in [5.74, 6) is 0.470. The van der Waals surface area contributed by atoms with E-state index >= 15 is 0 Å². The second-order valence-electron chi connectivity index (χ2n) is 5.13. The zero-order chi connectivity index (χ0) is 16.1. The third-order valence-corrected chi connectivity index (χ3v) is 3.43. The number of carboxylic acids is 1. The molecule has 2 unspecified atom stereocenters. The highest BCUT2D eigenvalue weighted by Gasteiger charge is 2.35. The Balaban J connectivity index is 1.54. The first-order valence-electron chi connectivity index (χ1n) is 7.42. The van der Waals surface area contributed by atoms with Crippen LogP contribution in [0.3, 0.4) is 0 Å². The second kappa shape index (κ2) is 7.47. The molecule has 0 spiro atoms. The van der Waals surface area contributed by atoms with Gasteiger partial charge in [0.1, 0.15) is 6.73 Å². The Bertz CT molecular complexity index is 549. The molecule has 0 aliphatic carbocycles. The van der Waals surface area contributed by atoms with Gasteiger partial charge in [0, 0.05) is 13.0 Å². The van der Waals surface area contributed by atoms with Crippen LogP contribution in [-0.2, 0) is 14.5 Å². The van der Waals surface area contributed by atoms with Gasteiger partial charge in [-0.1, -0.05) is 11.7 Å². The summed E-state index contributed by atoms with van der Waals surface area (Å²) in [6, 6.07) is 5.57. The van der Waals surface area contributed by atoms with Gasteiger partial charge in [0.15, 0.2) is 11.5 Å². The first kappa shape index (κ1) is 15.8. The summed E-state index contributed by atoms with van der Waals surface area (Å²) in [5.41, 5.74) is 3.13. The van der Waals surface area contributed by atoms with E-state index in [2.05, 4.69) is 16.3 Å². The topological polar surface area (TPSA) is 110 Å². The normalized spacial score (nSPS) is 22.8. The predicted octanol–water partition coefficient (Wildman–Crippen LogP) is 0.790. The molecule has 0 radical (unpaired) electrons. The Morgan fingerprint density at radius 1 is 1.35 bits per heavy atom. The predicted molar refractivity (Wildman–Crippen MR) is 78.6 cm³/mol. The van der Waals surface area contributed by atoms with Crippen molar-refractivity contribution in [2.75, 3.05) is 18.6 Å². The molecule has 0 saturated carbocycles. The number of anilines is 1. The lowest BCUT2D eigenvalue weighted by Gasteiger charge is -2.26. The van der Waals surface area contributed by atoms with Crippen molar-refractivity contribution in [1.82, 2.24) is 11.0 Å². The highest BCUT2D eigenvalue weighted by atomic mass is 16.9. The number of para-hydroxylation sites is 1. The fraction of sp³-hybridized carbons (Fsp3) is 0.500. The first-order valence-corrected chi connectivity index (χ1v) is 7.42. The fourth-order valence-corrected chi connectivity index (χ4v) is 2.32. The van der Waals surface area contributed by atoms with Crippen molar-refractivity contribution < 1.29 is 29.0 Å². The first-order chi connectivity index (χ1) is 11.2. The molecular formula is C14H19N3O6. The number of ether oxygens (including phenoxy) is 2. The van der Waals surface area contributed by atoms with Crippen LogP contribution < -0.4 is 25.8 Å². The monoisotopic (exact) mass is 325 g/mol. The van der Waals surface area contributed by atoms with Crippen molar-refractivity contribution in [3.8, 4) is 11.5 Å². The molecule has 2 aliphatic heterocycles. The van der Waals surface area contributed by atoms with E-state index in [4.69, 9.17) is 24.3 Å². The van der Waals surface area contributed by atoms with Gasteiger partial charge in [-0.2, -0.15) is 0 Å².